The fourth-order valence-corrected chi connectivity index (χ4v) is 12.2. The molecule has 0 saturated carbocycles. The van der Waals surface area contributed by atoms with E-state index >= 15 is 0 Å². The number of fused-ring (bicyclic) bond motifs is 13. The van der Waals surface area contributed by atoms with Crippen LogP contribution in [0.15, 0.2) is 212 Å². The quantitative estimate of drug-likeness (QED) is 0.173. The van der Waals surface area contributed by atoms with Crippen molar-refractivity contribution in [2.24, 2.45) is 0 Å². The lowest BCUT2D eigenvalue weighted by Crippen LogP contribution is -2.02. The topological polar surface area (TPSA) is 62.4 Å². The van der Waals surface area contributed by atoms with Gasteiger partial charge in [-0.05, 0) is 84.4 Å². The molecule has 0 aliphatic carbocycles. The average Bonchev–Trinajstić information content (AvgIpc) is 4.14. The molecule has 14 rings (SSSR count). The summed E-state index contributed by atoms with van der Waals surface area (Å²) in [6.45, 7) is 0. The van der Waals surface area contributed by atoms with Crippen molar-refractivity contribution in [1.82, 2.24) is 13.7 Å². The summed E-state index contributed by atoms with van der Waals surface area (Å²) in [6.07, 6.45) is 0. The highest BCUT2D eigenvalue weighted by molar-refractivity contribution is 7.25. The van der Waals surface area contributed by atoms with Crippen molar-refractivity contribution >= 4 is 96.9 Å². The summed E-state index contributed by atoms with van der Waals surface area (Å²) in [5.41, 5.74) is 14.2. The summed E-state index contributed by atoms with van der Waals surface area (Å²) in [4.78, 5) is 0. The van der Waals surface area contributed by atoms with Crippen molar-refractivity contribution in [2.45, 2.75) is 0 Å². The zero-order valence-electron chi connectivity index (χ0n) is 36.4. The Labute approximate surface area is 394 Å². The van der Waals surface area contributed by atoms with Crippen LogP contribution >= 0.6 is 11.3 Å². The molecule has 10 aromatic carbocycles. The number of thiophene rings is 1. The first-order valence-electron chi connectivity index (χ1n) is 22.7. The van der Waals surface area contributed by atoms with E-state index in [4.69, 9.17) is 0 Å². The Morgan fingerprint density at radius 3 is 1.82 bits per heavy atom. The van der Waals surface area contributed by atoms with Crippen LogP contribution in [-0.2, 0) is 0 Å². The summed E-state index contributed by atoms with van der Waals surface area (Å²) in [6, 6.07) is 80.1. The van der Waals surface area contributed by atoms with E-state index in [0.29, 0.717) is 11.1 Å². The first-order valence-corrected chi connectivity index (χ1v) is 23.5. The van der Waals surface area contributed by atoms with Gasteiger partial charge in [-0.15, -0.1) is 11.3 Å². The maximum atomic E-state index is 11.2. The predicted molar refractivity (Wildman–Crippen MR) is 283 cm³/mol. The van der Waals surface area contributed by atoms with Crippen LogP contribution in [0, 0.1) is 22.7 Å². The molecule has 0 bridgehead atoms. The van der Waals surface area contributed by atoms with Crippen molar-refractivity contribution in [2.75, 3.05) is 0 Å². The maximum Gasteiger partial charge on any atom is 0.100 e. The minimum Gasteiger partial charge on any atom is -0.309 e. The van der Waals surface area contributed by atoms with Gasteiger partial charge in [0.15, 0.2) is 0 Å². The van der Waals surface area contributed by atoms with E-state index in [0.717, 1.165) is 66.8 Å². The Morgan fingerprint density at radius 2 is 1.03 bits per heavy atom. The van der Waals surface area contributed by atoms with Crippen LogP contribution in [0.3, 0.4) is 0 Å². The van der Waals surface area contributed by atoms with Crippen molar-refractivity contribution in [3.05, 3.63) is 223 Å². The summed E-state index contributed by atoms with van der Waals surface area (Å²) >= 11 is 1.82. The molecular weight excluding hydrogens is 847 g/mol. The molecule has 14 aromatic rings. The Hall–Kier alpha value is -9.20. The molecule has 0 aliphatic heterocycles. The zero-order valence-corrected chi connectivity index (χ0v) is 37.2. The summed E-state index contributed by atoms with van der Waals surface area (Å²) < 4.78 is 9.73. The molecular formula is C62H35N5S. The monoisotopic (exact) mass is 881 g/mol. The molecule has 0 unspecified atom stereocenters. The van der Waals surface area contributed by atoms with Crippen LogP contribution in [0.1, 0.15) is 11.1 Å². The number of nitriles is 2. The van der Waals surface area contributed by atoms with Gasteiger partial charge in [-0.2, -0.15) is 10.5 Å². The van der Waals surface area contributed by atoms with Crippen LogP contribution in [0.2, 0.25) is 0 Å². The third-order valence-electron chi connectivity index (χ3n) is 13.9. The average molecular weight is 882 g/mol. The number of nitrogens with zero attached hydrogens (tertiary/aromatic N) is 5. The van der Waals surface area contributed by atoms with Gasteiger partial charge in [-0.1, -0.05) is 133 Å². The molecule has 0 fully saturated rings. The van der Waals surface area contributed by atoms with Gasteiger partial charge < -0.3 is 13.7 Å². The van der Waals surface area contributed by atoms with E-state index in [2.05, 4.69) is 202 Å². The third-order valence-corrected chi connectivity index (χ3v) is 15.0. The fraction of sp³-hybridized carbons (Fsp3) is 0. The van der Waals surface area contributed by atoms with Gasteiger partial charge in [0, 0.05) is 80.6 Å². The first kappa shape index (κ1) is 38.1. The molecule has 0 atom stereocenters. The lowest BCUT2D eigenvalue weighted by molar-refractivity contribution is 1.14. The number of hydrogen-bond donors (Lipinski definition) is 0. The molecule has 68 heavy (non-hydrogen) atoms. The Morgan fingerprint density at radius 1 is 0.353 bits per heavy atom. The Kier molecular flexibility index (Phi) is 8.21. The van der Waals surface area contributed by atoms with E-state index < -0.39 is 0 Å². The third kappa shape index (κ3) is 5.41. The second-order valence-electron chi connectivity index (χ2n) is 17.4. The van der Waals surface area contributed by atoms with Gasteiger partial charge in [0.25, 0.3) is 0 Å². The Bertz CT molecular complexity index is 4530. The molecule has 4 aromatic heterocycles. The van der Waals surface area contributed by atoms with Crippen LogP contribution in [-0.4, -0.2) is 13.7 Å². The van der Waals surface area contributed by atoms with Gasteiger partial charge >= 0.3 is 0 Å². The van der Waals surface area contributed by atoms with E-state index in [1.807, 2.05) is 41.7 Å². The van der Waals surface area contributed by atoms with Crippen LogP contribution in [0.5, 0.6) is 0 Å². The van der Waals surface area contributed by atoms with Gasteiger partial charge in [0.2, 0.25) is 0 Å². The Balaban J connectivity index is 1.11. The van der Waals surface area contributed by atoms with Gasteiger partial charge in [0.1, 0.15) is 6.07 Å². The van der Waals surface area contributed by atoms with Crippen LogP contribution in [0.4, 0.5) is 0 Å². The highest BCUT2D eigenvalue weighted by atomic mass is 32.1. The van der Waals surface area contributed by atoms with Crippen LogP contribution in [0.25, 0.3) is 125 Å². The molecule has 0 saturated heterocycles. The number of benzene rings is 10. The highest BCUT2D eigenvalue weighted by Gasteiger charge is 2.24. The van der Waals surface area contributed by atoms with E-state index in [1.165, 1.54) is 58.1 Å². The highest BCUT2D eigenvalue weighted by Crippen LogP contribution is 2.46. The molecule has 4 heterocycles. The standard InChI is InChI=1S/C62H35N5S/c63-36-38-14-12-15-39(32-38)42-22-13-23-43(52(42)37-64)46-29-28-41(33-57(46)67-54-25-9-5-19-45(54)50-34-51-47-20-7-11-27-59(47)68-60(51)35-58(50)67)65-55-26-10-6-21-49(55)61-56(65)31-30-48-44-18-4-8-24-53(44)66(62(48)61)40-16-2-1-3-17-40/h1-35H. The van der Waals surface area contributed by atoms with Gasteiger partial charge in [-0.3, -0.25) is 0 Å². The number of hydrogen-bond acceptors (Lipinski definition) is 3. The van der Waals surface area contributed by atoms with Crippen molar-refractivity contribution < 1.29 is 0 Å². The molecule has 0 radical (unpaired) electrons. The largest absolute Gasteiger partial charge is 0.309 e. The maximum absolute atomic E-state index is 11.2. The van der Waals surface area contributed by atoms with E-state index in [-0.39, 0.29) is 0 Å². The minimum atomic E-state index is 0.548. The van der Waals surface area contributed by atoms with Gasteiger partial charge in [0.05, 0.1) is 56.0 Å². The van der Waals surface area contributed by atoms with E-state index in [9.17, 15) is 10.5 Å². The second-order valence-corrected chi connectivity index (χ2v) is 18.5. The number of para-hydroxylation sites is 4. The van der Waals surface area contributed by atoms with Gasteiger partial charge in [-0.25, -0.2) is 0 Å². The minimum absolute atomic E-state index is 0.548. The number of rotatable bonds is 5. The molecule has 0 aliphatic rings. The smallest absolute Gasteiger partial charge is 0.100 e. The number of aromatic nitrogens is 3. The van der Waals surface area contributed by atoms with Crippen molar-refractivity contribution in [1.29, 1.82) is 10.5 Å². The van der Waals surface area contributed by atoms with Crippen molar-refractivity contribution in [3.8, 4) is 51.5 Å². The zero-order chi connectivity index (χ0) is 45.0. The summed E-state index contributed by atoms with van der Waals surface area (Å²) in [5.74, 6) is 0. The fourth-order valence-electron chi connectivity index (χ4n) is 11.0. The molecule has 314 valence electrons. The lowest BCUT2D eigenvalue weighted by Gasteiger charge is -2.19. The molecule has 6 heteroatoms. The summed E-state index contributed by atoms with van der Waals surface area (Å²) in [5, 5.41) is 30.6. The normalized spacial score (nSPS) is 11.8. The molecule has 5 nitrogen and oxygen atoms in total. The van der Waals surface area contributed by atoms with Crippen molar-refractivity contribution in [3.63, 3.8) is 0 Å². The lowest BCUT2D eigenvalue weighted by atomic mass is 9.91. The van der Waals surface area contributed by atoms with E-state index in [1.54, 1.807) is 6.07 Å². The molecule has 0 amide bonds. The SMILES string of the molecule is N#Cc1cccc(-c2cccc(-c3ccc(-n4c5ccccc5c5c4ccc4c6ccccc6n(-c6ccccc6)c45)cc3-n3c4ccccc4c4cc5c(cc43)sc3ccccc35)c2C#N)c1. The predicted octanol–water partition coefficient (Wildman–Crippen LogP) is 16.4. The molecule has 0 spiro atoms. The molecule has 0 N–H and O–H groups in total. The summed E-state index contributed by atoms with van der Waals surface area (Å²) in [7, 11) is 0. The first-order chi connectivity index (χ1) is 33.7. The van der Waals surface area contributed by atoms with Crippen LogP contribution < -0.4 is 0 Å². The second kappa shape index (κ2) is 14.7.